The minimum Gasteiger partial charge on any atom is -0.317 e. The van der Waals surface area contributed by atoms with Crippen LogP contribution in [0.4, 0.5) is 10.1 Å². The van der Waals surface area contributed by atoms with Crippen LogP contribution in [0.2, 0.25) is 5.02 Å². The number of hydrogen-bond donors (Lipinski definition) is 0. The predicted octanol–water partition coefficient (Wildman–Crippen LogP) is 4.59. The van der Waals surface area contributed by atoms with Crippen LogP contribution in [-0.2, 0) is 6.54 Å². The molecule has 0 N–H and O–H groups in total. The molecule has 1 aliphatic heterocycles. The Kier molecular flexibility index (Phi) is 4.46. The molecular weight excluding hydrogens is 307 g/mol. The monoisotopic (exact) mass is 320 g/mol. The van der Waals surface area contributed by atoms with E-state index in [0.717, 1.165) is 28.7 Å². The third-order valence-electron chi connectivity index (χ3n) is 3.21. The lowest BCUT2D eigenvalue weighted by atomic mass is 10.2. The molecule has 1 aliphatic rings. The van der Waals surface area contributed by atoms with Crippen LogP contribution in [0.25, 0.3) is 0 Å². The summed E-state index contributed by atoms with van der Waals surface area (Å²) < 4.78 is 13.2. The second kappa shape index (κ2) is 6.50. The van der Waals surface area contributed by atoms with Gasteiger partial charge in [0.1, 0.15) is 5.82 Å². The van der Waals surface area contributed by atoms with Gasteiger partial charge in [0, 0.05) is 16.5 Å². The number of amidine groups is 1. The molecular formula is C16H14ClFN2S. The number of benzene rings is 2. The topological polar surface area (TPSA) is 15.6 Å². The summed E-state index contributed by atoms with van der Waals surface area (Å²) in [5, 5.41) is 1.43. The van der Waals surface area contributed by atoms with E-state index in [1.807, 2.05) is 30.3 Å². The van der Waals surface area contributed by atoms with Crippen molar-refractivity contribution < 1.29 is 4.39 Å². The number of anilines is 1. The van der Waals surface area contributed by atoms with Gasteiger partial charge in [-0.15, -0.1) is 0 Å². The van der Waals surface area contributed by atoms with Crippen molar-refractivity contribution in [3.05, 3.63) is 64.9 Å². The number of aliphatic imine (C=N–C) groups is 1. The highest BCUT2D eigenvalue weighted by Crippen LogP contribution is 2.27. The normalized spacial score (nSPS) is 14.1. The van der Waals surface area contributed by atoms with Crippen molar-refractivity contribution in [1.82, 2.24) is 0 Å². The van der Waals surface area contributed by atoms with E-state index in [2.05, 4.69) is 9.89 Å². The Morgan fingerprint density at radius 2 is 2.00 bits per heavy atom. The van der Waals surface area contributed by atoms with Gasteiger partial charge in [-0.2, -0.15) is 0 Å². The van der Waals surface area contributed by atoms with Crippen molar-refractivity contribution in [2.45, 2.75) is 6.54 Å². The summed E-state index contributed by atoms with van der Waals surface area (Å²) in [6, 6.07) is 14.6. The highest BCUT2D eigenvalue weighted by atomic mass is 35.5. The number of hydrogen-bond acceptors (Lipinski definition) is 3. The van der Waals surface area contributed by atoms with E-state index in [1.54, 1.807) is 17.8 Å². The summed E-state index contributed by atoms with van der Waals surface area (Å²) in [5.41, 5.74) is 1.95. The van der Waals surface area contributed by atoms with Gasteiger partial charge in [0.05, 0.1) is 13.1 Å². The van der Waals surface area contributed by atoms with E-state index in [4.69, 9.17) is 11.6 Å². The van der Waals surface area contributed by atoms with Gasteiger partial charge in [-0.25, -0.2) is 4.39 Å². The van der Waals surface area contributed by atoms with Crippen molar-refractivity contribution >= 4 is 34.2 Å². The SMILES string of the molecule is Fc1ccc(CN(C2=NCCS2)c2ccccc2)c(Cl)c1. The van der Waals surface area contributed by atoms with E-state index in [-0.39, 0.29) is 5.82 Å². The zero-order valence-corrected chi connectivity index (χ0v) is 12.9. The maximum Gasteiger partial charge on any atom is 0.164 e. The number of para-hydroxylation sites is 1. The van der Waals surface area contributed by atoms with Crippen LogP contribution in [-0.4, -0.2) is 17.5 Å². The van der Waals surface area contributed by atoms with Crippen molar-refractivity contribution in [2.24, 2.45) is 4.99 Å². The van der Waals surface area contributed by atoms with E-state index in [9.17, 15) is 4.39 Å². The highest BCUT2D eigenvalue weighted by Gasteiger charge is 2.19. The molecule has 0 aromatic heterocycles. The lowest BCUT2D eigenvalue weighted by Gasteiger charge is -2.24. The lowest BCUT2D eigenvalue weighted by molar-refractivity contribution is 0.627. The van der Waals surface area contributed by atoms with Gasteiger partial charge in [0.2, 0.25) is 0 Å². The van der Waals surface area contributed by atoms with Gasteiger partial charge in [-0.1, -0.05) is 47.6 Å². The molecule has 0 aliphatic carbocycles. The first kappa shape index (κ1) is 14.4. The Bertz CT molecular complexity index is 661. The molecule has 2 aromatic rings. The number of halogens is 2. The van der Waals surface area contributed by atoms with Crippen LogP contribution in [0, 0.1) is 5.82 Å². The molecule has 0 saturated carbocycles. The fourth-order valence-corrected chi connectivity index (χ4v) is 3.29. The quantitative estimate of drug-likeness (QED) is 0.822. The Balaban J connectivity index is 1.92. The summed E-state index contributed by atoms with van der Waals surface area (Å²) in [4.78, 5) is 6.67. The molecule has 21 heavy (non-hydrogen) atoms. The molecule has 0 amide bonds. The average molecular weight is 321 g/mol. The van der Waals surface area contributed by atoms with E-state index in [0.29, 0.717) is 11.6 Å². The first-order chi connectivity index (χ1) is 10.2. The molecule has 0 saturated heterocycles. The summed E-state index contributed by atoms with van der Waals surface area (Å²) in [7, 11) is 0. The molecule has 3 rings (SSSR count). The largest absolute Gasteiger partial charge is 0.317 e. The number of nitrogens with zero attached hydrogens (tertiary/aromatic N) is 2. The fraction of sp³-hybridized carbons (Fsp3) is 0.188. The van der Waals surface area contributed by atoms with Crippen LogP contribution in [0.15, 0.2) is 53.5 Å². The first-order valence-electron chi connectivity index (χ1n) is 6.68. The first-order valence-corrected chi connectivity index (χ1v) is 8.04. The van der Waals surface area contributed by atoms with Crippen molar-refractivity contribution in [3.63, 3.8) is 0 Å². The summed E-state index contributed by atoms with van der Waals surface area (Å²) in [5.74, 6) is 0.679. The molecule has 108 valence electrons. The van der Waals surface area contributed by atoms with Crippen molar-refractivity contribution in [1.29, 1.82) is 0 Å². The van der Waals surface area contributed by atoms with Gasteiger partial charge >= 0.3 is 0 Å². The van der Waals surface area contributed by atoms with Gasteiger partial charge in [0.15, 0.2) is 5.17 Å². The molecule has 0 fully saturated rings. The van der Waals surface area contributed by atoms with Crippen LogP contribution < -0.4 is 4.90 Å². The average Bonchev–Trinajstić information content (AvgIpc) is 3.01. The minimum atomic E-state index is -0.317. The van der Waals surface area contributed by atoms with Crippen LogP contribution in [0.3, 0.4) is 0 Å². The Labute approximate surface area is 132 Å². The second-order valence-corrected chi connectivity index (χ2v) is 6.14. The third kappa shape index (κ3) is 3.39. The third-order valence-corrected chi connectivity index (χ3v) is 4.56. The molecule has 2 aromatic carbocycles. The van der Waals surface area contributed by atoms with Gasteiger partial charge in [0.25, 0.3) is 0 Å². The van der Waals surface area contributed by atoms with Crippen LogP contribution >= 0.6 is 23.4 Å². The molecule has 5 heteroatoms. The minimum absolute atomic E-state index is 0.317. The Hall–Kier alpha value is -1.52. The van der Waals surface area contributed by atoms with Crippen molar-refractivity contribution in [2.75, 3.05) is 17.2 Å². The fourth-order valence-electron chi connectivity index (χ4n) is 2.18. The lowest BCUT2D eigenvalue weighted by Crippen LogP contribution is -2.27. The van der Waals surface area contributed by atoms with Gasteiger partial charge in [-0.3, -0.25) is 4.99 Å². The molecule has 0 unspecified atom stereocenters. The van der Waals surface area contributed by atoms with Crippen LogP contribution in [0.5, 0.6) is 0 Å². The summed E-state index contributed by atoms with van der Waals surface area (Å²) in [6.07, 6.45) is 0. The summed E-state index contributed by atoms with van der Waals surface area (Å²) in [6.45, 7) is 1.41. The van der Waals surface area contributed by atoms with Crippen LogP contribution in [0.1, 0.15) is 5.56 Å². The maximum absolute atomic E-state index is 13.2. The molecule has 0 radical (unpaired) electrons. The van der Waals surface area contributed by atoms with Gasteiger partial charge in [-0.05, 0) is 29.8 Å². The number of rotatable bonds is 3. The number of thioether (sulfide) groups is 1. The second-order valence-electron chi connectivity index (χ2n) is 4.67. The molecule has 2 nitrogen and oxygen atoms in total. The smallest absolute Gasteiger partial charge is 0.164 e. The van der Waals surface area contributed by atoms with E-state index < -0.39 is 0 Å². The van der Waals surface area contributed by atoms with Crippen molar-refractivity contribution in [3.8, 4) is 0 Å². The zero-order chi connectivity index (χ0) is 14.7. The molecule has 1 heterocycles. The maximum atomic E-state index is 13.2. The molecule has 0 spiro atoms. The standard InChI is InChI=1S/C16H14ClFN2S/c17-15-10-13(18)7-6-12(15)11-20(16-19-8-9-21-16)14-4-2-1-3-5-14/h1-7,10H,8-9,11H2. The van der Waals surface area contributed by atoms with E-state index >= 15 is 0 Å². The summed E-state index contributed by atoms with van der Waals surface area (Å²) >= 11 is 7.89. The zero-order valence-electron chi connectivity index (χ0n) is 11.3. The Morgan fingerprint density at radius 1 is 1.19 bits per heavy atom. The molecule has 0 bridgehead atoms. The predicted molar refractivity (Wildman–Crippen MR) is 88.8 cm³/mol. The Morgan fingerprint density at radius 3 is 2.67 bits per heavy atom. The van der Waals surface area contributed by atoms with Gasteiger partial charge < -0.3 is 4.90 Å². The molecule has 0 atom stereocenters. The van der Waals surface area contributed by atoms with E-state index in [1.165, 1.54) is 12.1 Å². The highest BCUT2D eigenvalue weighted by molar-refractivity contribution is 8.14.